The lowest BCUT2D eigenvalue weighted by atomic mass is 9.82. The molecule has 0 radical (unpaired) electrons. The topological polar surface area (TPSA) is 46.6 Å². The van der Waals surface area contributed by atoms with Gasteiger partial charge in [-0.3, -0.25) is 4.79 Å². The quantitative estimate of drug-likeness (QED) is 0.603. The second-order valence-electron chi connectivity index (χ2n) is 6.99. The molecular formula is C20H24ClNO3. The summed E-state index contributed by atoms with van der Waals surface area (Å²) in [6.07, 6.45) is 6.77. The molecular weight excluding hydrogens is 338 g/mol. The molecule has 1 aliphatic carbocycles. The van der Waals surface area contributed by atoms with Gasteiger partial charge in [0.2, 0.25) is 5.91 Å². The van der Waals surface area contributed by atoms with Crippen LogP contribution in [0.25, 0.3) is 6.08 Å². The van der Waals surface area contributed by atoms with E-state index in [0.29, 0.717) is 22.4 Å². The minimum Gasteiger partial charge on any atom is -0.466 e. The molecule has 0 N–H and O–H groups in total. The number of likely N-dealkylation sites (tertiary alicyclic amines) is 1. The molecule has 3 rings (SSSR count). The first-order valence-electron chi connectivity index (χ1n) is 8.89. The zero-order chi connectivity index (χ0) is 17.8. The molecule has 1 heterocycles. The molecule has 1 aliphatic heterocycles. The van der Waals surface area contributed by atoms with E-state index in [1.807, 2.05) is 17.0 Å². The summed E-state index contributed by atoms with van der Waals surface area (Å²) in [6, 6.07) is 7.16. The maximum atomic E-state index is 12.7. The van der Waals surface area contributed by atoms with Crippen molar-refractivity contribution >= 4 is 29.6 Å². The molecule has 2 fully saturated rings. The zero-order valence-electron chi connectivity index (χ0n) is 14.5. The van der Waals surface area contributed by atoms with Crippen molar-refractivity contribution in [1.29, 1.82) is 0 Å². The van der Waals surface area contributed by atoms with Gasteiger partial charge in [-0.05, 0) is 48.4 Å². The van der Waals surface area contributed by atoms with E-state index in [2.05, 4.69) is 0 Å². The van der Waals surface area contributed by atoms with Crippen LogP contribution in [-0.2, 0) is 14.3 Å². The normalized spacial score (nSPS) is 23.3. The molecule has 1 saturated heterocycles. The van der Waals surface area contributed by atoms with Crippen LogP contribution < -0.4 is 0 Å². The van der Waals surface area contributed by atoms with E-state index in [1.165, 1.54) is 32.8 Å². The van der Waals surface area contributed by atoms with Crippen molar-refractivity contribution in [2.45, 2.75) is 32.1 Å². The van der Waals surface area contributed by atoms with Gasteiger partial charge in [-0.1, -0.05) is 36.6 Å². The second-order valence-corrected chi connectivity index (χ2v) is 7.43. The van der Waals surface area contributed by atoms with E-state index in [9.17, 15) is 9.59 Å². The Labute approximate surface area is 153 Å². The van der Waals surface area contributed by atoms with Crippen LogP contribution >= 0.6 is 11.6 Å². The average molecular weight is 362 g/mol. The SMILES string of the molecule is COC(=O)/C(=C/c1ccc(Cl)cc1)CC(=O)N1C[C@H]2CCCC[C@H]2C1. The van der Waals surface area contributed by atoms with E-state index < -0.39 is 5.97 Å². The van der Waals surface area contributed by atoms with Gasteiger partial charge in [0.25, 0.3) is 0 Å². The molecule has 1 aromatic carbocycles. The number of benzene rings is 1. The smallest absolute Gasteiger partial charge is 0.334 e. The van der Waals surface area contributed by atoms with Gasteiger partial charge in [0.15, 0.2) is 0 Å². The lowest BCUT2D eigenvalue weighted by Gasteiger charge is -2.22. The van der Waals surface area contributed by atoms with Crippen molar-refractivity contribution in [3.63, 3.8) is 0 Å². The van der Waals surface area contributed by atoms with E-state index in [0.717, 1.165) is 18.7 Å². The number of carbonyl (C=O) groups excluding carboxylic acids is 2. The molecule has 1 amide bonds. The van der Waals surface area contributed by atoms with Crippen molar-refractivity contribution in [2.75, 3.05) is 20.2 Å². The van der Waals surface area contributed by atoms with Crippen molar-refractivity contribution in [2.24, 2.45) is 11.8 Å². The number of fused-ring (bicyclic) bond motifs is 1. The highest BCUT2D eigenvalue weighted by atomic mass is 35.5. The fourth-order valence-electron chi connectivity index (χ4n) is 3.96. The lowest BCUT2D eigenvalue weighted by Crippen LogP contribution is -2.30. The summed E-state index contributed by atoms with van der Waals surface area (Å²) in [5.41, 5.74) is 1.21. The minimum absolute atomic E-state index is 0.0139. The monoisotopic (exact) mass is 361 g/mol. The predicted molar refractivity (Wildman–Crippen MR) is 98.1 cm³/mol. The Morgan fingerprint density at radius 2 is 1.76 bits per heavy atom. The number of nitrogens with zero attached hydrogens (tertiary/aromatic N) is 1. The highest BCUT2D eigenvalue weighted by Gasteiger charge is 2.36. The van der Waals surface area contributed by atoms with Gasteiger partial charge in [0.05, 0.1) is 13.5 Å². The fourth-order valence-corrected chi connectivity index (χ4v) is 4.08. The summed E-state index contributed by atoms with van der Waals surface area (Å²) in [5, 5.41) is 0.632. The lowest BCUT2D eigenvalue weighted by molar-refractivity contribution is -0.138. The Bertz CT molecular complexity index is 654. The molecule has 134 valence electrons. The molecule has 1 saturated carbocycles. The maximum absolute atomic E-state index is 12.7. The molecule has 25 heavy (non-hydrogen) atoms. The van der Waals surface area contributed by atoms with Gasteiger partial charge < -0.3 is 9.64 Å². The van der Waals surface area contributed by atoms with E-state index >= 15 is 0 Å². The van der Waals surface area contributed by atoms with Crippen LogP contribution in [0.3, 0.4) is 0 Å². The van der Waals surface area contributed by atoms with Crippen LogP contribution in [-0.4, -0.2) is 37.0 Å². The highest BCUT2D eigenvalue weighted by Crippen LogP contribution is 2.36. The largest absolute Gasteiger partial charge is 0.466 e. The number of methoxy groups -OCH3 is 1. The van der Waals surface area contributed by atoms with E-state index in [4.69, 9.17) is 16.3 Å². The summed E-state index contributed by atoms with van der Waals surface area (Å²) in [7, 11) is 1.34. The first-order chi connectivity index (χ1) is 12.1. The van der Waals surface area contributed by atoms with Gasteiger partial charge in [0, 0.05) is 23.7 Å². The maximum Gasteiger partial charge on any atom is 0.334 e. The summed E-state index contributed by atoms with van der Waals surface area (Å²) in [4.78, 5) is 26.7. The first-order valence-corrected chi connectivity index (χ1v) is 9.27. The number of carbonyl (C=O) groups is 2. The molecule has 0 unspecified atom stereocenters. The number of ether oxygens (including phenoxy) is 1. The number of rotatable bonds is 4. The van der Waals surface area contributed by atoms with Crippen LogP contribution in [0.5, 0.6) is 0 Å². The van der Waals surface area contributed by atoms with Crippen LogP contribution in [0, 0.1) is 11.8 Å². The average Bonchev–Trinajstić information content (AvgIpc) is 3.06. The zero-order valence-corrected chi connectivity index (χ0v) is 15.3. The number of halogens is 1. The molecule has 1 aromatic rings. The molecule has 0 bridgehead atoms. The Kier molecular flexibility index (Phi) is 5.79. The van der Waals surface area contributed by atoms with Crippen LogP contribution in [0.1, 0.15) is 37.7 Å². The van der Waals surface area contributed by atoms with Gasteiger partial charge in [-0.25, -0.2) is 4.79 Å². The molecule has 5 heteroatoms. The molecule has 4 nitrogen and oxygen atoms in total. The third-order valence-electron chi connectivity index (χ3n) is 5.33. The number of esters is 1. The summed E-state index contributed by atoms with van der Waals surface area (Å²) >= 11 is 5.90. The number of hydrogen-bond acceptors (Lipinski definition) is 3. The number of amides is 1. The molecule has 2 atom stereocenters. The van der Waals surface area contributed by atoms with Crippen molar-refractivity contribution in [1.82, 2.24) is 4.90 Å². The van der Waals surface area contributed by atoms with Gasteiger partial charge in [-0.2, -0.15) is 0 Å². The van der Waals surface area contributed by atoms with E-state index in [1.54, 1.807) is 18.2 Å². The van der Waals surface area contributed by atoms with Gasteiger partial charge in [-0.15, -0.1) is 0 Å². The number of hydrogen-bond donors (Lipinski definition) is 0. The highest BCUT2D eigenvalue weighted by molar-refractivity contribution is 6.30. The van der Waals surface area contributed by atoms with Crippen LogP contribution in [0.4, 0.5) is 0 Å². The minimum atomic E-state index is -0.458. The first kappa shape index (κ1) is 18.0. The summed E-state index contributed by atoms with van der Waals surface area (Å²) < 4.78 is 4.86. The van der Waals surface area contributed by atoms with Gasteiger partial charge in [0.1, 0.15) is 0 Å². The predicted octanol–water partition coefficient (Wildman–Crippen LogP) is 3.94. The third kappa shape index (κ3) is 4.43. The summed E-state index contributed by atoms with van der Waals surface area (Å²) in [5.74, 6) is 0.832. The molecule has 2 aliphatic rings. The van der Waals surface area contributed by atoms with Crippen LogP contribution in [0.15, 0.2) is 29.8 Å². The Morgan fingerprint density at radius 1 is 1.16 bits per heavy atom. The fraction of sp³-hybridized carbons (Fsp3) is 0.500. The molecule has 0 spiro atoms. The molecule has 0 aromatic heterocycles. The third-order valence-corrected chi connectivity index (χ3v) is 5.58. The Hall–Kier alpha value is -1.81. The van der Waals surface area contributed by atoms with Crippen molar-refractivity contribution in [3.05, 3.63) is 40.4 Å². The van der Waals surface area contributed by atoms with Crippen molar-refractivity contribution in [3.8, 4) is 0 Å². The van der Waals surface area contributed by atoms with Gasteiger partial charge >= 0.3 is 5.97 Å². The summed E-state index contributed by atoms with van der Waals surface area (Å²) in [6.45, 7) is 1.66. The Morgan fingerprint density at radius 3 is 2.32 bits per heavy atom. The van der Waals surface area contributed by atoms with E-state index in [-0.39, 0.29) is 12.3 Å². The Balaban J connectivity index is 1.71. The van der Waals surface area contributed by atoms with Crippen LogP contribution in [0.2, 0.25) is 5.02 Å². The second kappa shape index (κ2) is 8.05. The standard InChI is InChI=1S/C20H24ClNO3/c1-25-20(24)17(10-14-6-8-18(21)9-7-14)11-19(23)22-12-15-4-2-3-5-16(15)13-22/h6-10,15-16H,2-5,11-13H2,1H3/b17-10+/t15-,16+. The van der Waals surface area contributed by atoms with Crippen molar-refractivity contribution < 1.29 is 14.3 Å².